The quantitative estimate of drug-likeness (QED) is 0.475. The van der Waals surface area contributed by atoms with Crippen LogP contribution in [0.1, 0.15) is 16.6 Å². The summed E-state index contributed by atoms with van der Waals surface area (Å²) in [6, 6.07) is 6.25. The largest absolute Gasteiger partial charge is 0.372 e. The van der Waals surface area contributed by atoms with Crippen LogP contribution in [-0.2, 0) is 0 Å². The molecule has 0 bridgehead atoms. The molecule has 1 aromatic rings. The number of halogens is 1. The topological polar surface area (TPSA) is 24.1 Å². The van der Waals surface area contributed by atoms with E-state index in [2.05, 4.69) is 35.8 Å². The molecule has 1 unspecified atom stereocenters. The molecule has 0 aromatic heterocycles. The van der Waals surface area contributed by atoms with Crippen LogP contribution < -0.4 is 10.6 Å². The van der Waals surface area contributed by atoms with Crippen molar-refractivity contribution < 1.29 is 0 Å². The summed E-state index contributed by atoms with van der Waals surface area (Å²) in [5.41, 5.74) is 3.48. The monoisotopic (exact) mass is 182 g/mol. The molecular weight excluding hydrogens is 172 g/mol. The number of hydrogen-bond donors (Lipinski definition) is 2. The Morgan fingerprint density at radius 1 is 1.50 bits per heavy atom. The lowest BCUT2D eigenvalue weighted by Gasteiger charge is -2.23. The van der Waals surface area contributed by atoms with Crippen LogP contribution in [0.15, 0.2) is 18.2 Å². The van der Waals surface area contributed by atoms with Gasteiger partial charge in [-0.25, -0.2) is 0 Å². The Labute approximate surface area is 76.9 Å². The lowest BCUT2D eigenvalue weighted by molar-refractivity contribution is 0.684. The molecule has 0 radical (unpaired) electrons. The molecule has 64 valence electrons. The smallest absolute Gasteiger partial charge is 0.111 e. The predicted octanol–water partition coefficient (Wildman–Crippen LogP) is 2.21. The van der Waals surface area contributed by atoms with Crippen molar-refractivity contribution in [3.05, 3.63) is 29.3 Å². The van der Waals surface area contributed by atoms with Gasteiger partial charge in [-0.1, -0.05) is 12.1 Å². The van der Waals surface area contributed by atoms with Crippen molar-refractivity contribution in [3.63, 3.8) is 0 Å². The van der Waals surface area contributed by atoms with E-state index in [-0.39, 0.29) is 5.50 Å². The summed E-state index contributed by atoms with van der Waals surface area (Å²) in [7, 11) is 0. The second kappa shape index (κ2) is 2.96. The maximum Gasteiger partial charge on any atom is 0.111 e. The Kier molecular flexibility index (Phi) is 1.95. The highest BCUT2D eigenvalue weighted by Crippen LogP contribution is 2.29. The summed E-state index contributed by atoms with van der Waals surface area (Å²) < 4.78 is 0. The van der Waals surface area contributed by atoms with Gasteiger partial charge in [0.25, 0.3) is 0 Å². The first-order valence-corrected chi connectivity index (χ1v) is 4.43. The summed E-state index contributed by atoms with van der Waals surface area (Å²) >= 11 is 6.05. The second-order valence-corrected chi connectivity index (χ2v) is 3.45. The molecule has 2 nitrogen and oxygen atoms in total. The molecule has 12 heavy (non-hydrogen) atoms. The molecule has 1 heterocycles. The number of alkyl halides is 1. The van der Waals surface area contributed by atoms with Crippen LogP contribution in [-0.4, -0.2) is 6.67 Å². The highest BCUT2D eigenvalue weighted by Gasteiger charge is 2.15. The van der Waals surface area contributed by atoms with Gasteiger partial charge in [-0.3, -0.25) is 5.32 Å². The molecule has 1 aliphatic rings. The lowest BCUT2D eigenvalue weighted by Crippen LogP contribution is -2.29. The van der Waals surface area contributed by atoms with E-state index in [0.29, 0.717) is 0 Å². The third-order valence-electron chi connectivity index (χ3n) is 2.04. The SMILES string of the molecule is Cc1ccc2c(c1)NCNC2Cl. The maximum absolute atomic E-state index is 6.05. The zero-order chi connectivity index (χ0) is 8.55. The molecule has 0 amide bonds. The van der Waals surface area contributed by atoms with Crippen LogP contribution in [0.2, 0.25) is 0 Å². The molecule has 1 atom stereocenters. The van der Waals surface area contributed by atoms with E-state index in [9.17, 15) is 0 Å². The Hall–Kier alpha value is -0.730. The number of rotatable bonds is 0. The van der Waals surface area contributed by atoms with E-state index >= 15 is 0 Å². The second-order valence-electron chi connectivity index (χ2n) is 3.01. The molecule has 2 rings (SSSR count). The van der Waals surface area contributed by atoms with E-state index < -0.39 is 0 Å². The fourth-order valence-electron chi connectivity index (χ4n) is 1.39. The van der Waals surface area contributed by atoms with Crippen molar-refractivity contribution in [2.24, 2.45) is 0 Å². The first-order chi connectivity index (χ1) is 5.77. The molecule has 3 heteroatoms. The Balaban J connectivity index is 2.46. The lowest BCUT2D eigenvalue weighted by atomic mass is 10.1. The molecular formula is C9H11ClN2. The number of anilines is 1. The summed E-state index contributed by atoms with van der Waals surface area (Å²) in [5.74, 6) is 0. The molecule has 0 fully saturated rings. The molecule has 2 N–H and O–H groups in total. The summed E-state index contributed by atoms with van der Waals surface area (Å²) in [6.07, 6.45) is 0. The summed E-state index contributed by atoms with van der Waals surface area (Å²) in [6.45, 7) is 2.82. The van der Waals surface area contributed by atoms with Crippen LogP contribution in [0.25, 0.3) is 0 Å². The maximum atomic E-state index is 6.05. The van der Waals surface area contributed by atoms with Gasteiger partial charge in [0.15, 0.2) is 0 Å². The Morgan fingerprint density at radius 3 is 3.17 bits per heavy atom. The van der Waals surface area contributed by atoms with Gasteiger partial charge >= 0.3 is 0 Å². The third kappa shape index (κ3) is 1.28. The zero-order valence-electron chi connectivity index (χ0n) is 6.89. The van der Waals surface area contributed by atoms with Crippen molar-refractivity contribution in [1.29, 1.82) is 0 Å². The fourth-order valence-corrected chi connectivity index (χ4v) is 1.66. The number of fused-ring (bicyclic) bond motifs is 1. The van der Waals surface area contributed by atoms with Crippen molar-refractivity contribution >= 4 is 17.3 Å². The summed E-state index contributed by atoms with van der Waals surface area (Å²) in [4.78, 5) is 0. The van der Waals surface area contributed by atoms with E-state index in [1.807, 2.05) is 0 Å². The summed E-state index contributed by atoms with van der Waals surface area (Å²) in [5, 5.41) is 6.35. The standard InChI is InChI=1S/C9H11ClN2/c1-6-2-3-7-8(4-6)11-5-12-9(7)10/h2-4,9,11-12H,5H2,1H3. The number of nitrogens with one attached hydrogen (secondary N) is 2. The Morgan fingerprint density at radius 2 is 2.33 bits per heavy atom. The average molecular weight is 183 g/mol. The van der Waals surface area contributed by atoms with Gasteiger partial charge < -0.3 is 5.32 Å². The van der Waals surface area contributed by atoms with Crippen molar-refractivity contribution in [3.8, 4) is 0 Å². The minimum absolute atomic E-state index is 0.0538. The zero-order valence-corrected chi connectivity index (χ0v) is 7.65. The first kappa shape index (κ1) is 7.90. The van der Waals surface area contributed by atoms with Gasteiger partial charge in [-0.15, -0.1) is 11.6 Å². The number of benzene rings is 1. The van der Waals surface area contributed by atoms with Crippen LogP contribution in [0.5, 0.6) is 0 Å². The predicted molar refractivity (Wildman–Crippen MR) is 51.4 cm³/mol. The number of aryl methyl sites for hydroxylation is 1. The Bertz CT molecular complexity index is 299. The fraction of sp³-hybridized carbons (Fsp3) is 0.333. The van der Waals surface area contributed by atoms with Gasteiger partial charge in [0.2, 0.25) is 0 Å². The van der Waals surface area contributed by atoms with E-state index in [4.69, 9.17) is 11.6 Å². The third-order valence-corrected chi connectivity index (χ3v) is 2.43. The van der Waals surface area contributed by atoms with Crippen LogP contribution >= 0.6 is 11.6 Å². The highest BCUT2D eigenvalue weighted by atomic mass is 35.5. The van der Waals surface area contributed by atoms with Crippen molar-refractivity contribution in [2.75, 3.05) is 12.0 Å². The van der Waals surface area contributed by atoms with Gasteiger partial charge in [0, 0.05) is 11.3 Å². The molecule has 0 saturated heterocycles. The van der Waals surface area contributed by atoms with E-state index in [1.54, 1.807) is 0 Å². The van der Waals surface area contributed by atoms with E-state index in [1.165, 1.54) is 5.56 Å². The first-order valence-electron chi connectivity index (χ1n) is 3.99. The highest BCUT2D eigenvalue weighted by molar-refractivity contribution is 6.21. The van der Waals surface area contributed by atoms with Gasteiger partial charge in [-0.2, -0.15) is 0 Å². The normalized spacial score (nSPS) is 21.3. The molecule has 1 aromatic carbocycles. The minimum Gasteiger partial charge on any atom is -0.372 e. The molecule has 0 saturated carbocycles. The number of hydrogen-bond acceptors (Lipinski definition) is 2. The van der Waals surface area contributed by atoms with Gasteiger partial charge in [0.05, 0.1) is 6.67 Å². The van der Waals surface area contributed by atoms with E-state index in [0.717, 1.165) is 17.9 Å². The molecule has 1 aliphatic heterocycles. The van der Waals surface area contributed by atoms with Crippen molar-refractivity contribution in [2.45, 2.75) is 12.4 Å². The molecule has 0 spiro atoms. The van der Waals surface area contributed by atoms with Crippen LogP contribution in [0.3, 0.4) is 0 Å². The molecule has 0 aliphatic carbocycles. The van der Waals surface area contributed by atoms with Crippen molar-refractivity contribution in [1.82, 2.24) is 5.32 Å². The average Bonchev–Trinajstić information content (AvgIpc) is 2.04. The van der Waals surface area contributed by atoms with Gasteiger partial charge in [0.1, 0.15) is 5.50 Å². The van der Waals surface area contributed by atoms with Crippen LogP contribution in [0, 0.1) is 6.92 Å². The van der Waals surface area contributed by atoms with Gasteiger partial charge in [-0.05, 0) is 18.6 Å². The minimum atomic E-state index is -0.0538. The van der Waals surface area contributed by atoms with Crippen LogP contribution in [0.4, 0.5) is 5.69 Å².